The van der Waals surface area contributed by atoms with Gasteiger partial charge >= 0.3 is 5.97 Å². The lowest BCUT2D eigenvalue weighted by Gasteiger charge is -2.34. The summed E-state index contributed by atoms with van der Waals surface area (Å²) in [6.07, 6.45) is 7.60. The first-order valence-corrected chi connectivity index (χ1v) is 8.23. The van der Waals surface area contributed by atoms with E-state index in [1.54, 1.807) is 0 Å². The molecular weight excluding hydrogens is 268 g/mol. The van der Waals surface area contributed by atoms with Gasteiger partial charge < -0.3 is 10.1 Å². The summed E-state index contributed by atoms with van der Waals surface area (Å²) in [7, 11) is 1.42. The van der Waals surface area contributed by atoms with E-state index in [-0.39, 0.29) is 17.9 Å². The summed E-state index contributed by atoms with van der Waals surface area (Å²) in [5, 5.41) is 3.16. The summed E-state index contributed by atoms with van der Waals surface area (Å²) in [5.74, 6) is 0.388. The van der Waals surface area contributed by atoms with E-state index in [2.05, 4.69) is 12.2 Å². The van der Waals surface area contributed by atoms with Crippen LogP contribution in [-0.2, 0) is 14.3 Å². The van der Waals surface area contributed by atoms with Gasteiger partial charge in [0.1, 0.15) is 6.04 Å². The van der Waals surface area contributed by atoms with Crippen LogP contribution in [0, 0.1) is 5.92 Å². The molecule has 120 valence electrons. The molecule has 1 aliphatic heterocycles. The molecular formula is C16H28N2O3. The van der Waals surface area contributed by atoms with Crippen molar-refractivity contribution in [2.45, 2.75) is 64.0 Å². The van der Waals surface area contributed by atoms with Crippen LogP contribution in [0.4, 0.5) is 0 Å². The average Bonchev–Trinajstić information content (AvgIpc) is 2.49. The number of nitrogens with one attached hydrogen (secondary N) is 1. The zero-order valence-corrected chi connectivity index (χ0v) is 13.3. The van der Waals surface area contributed by atoms with E-state index in [1.807, 2.05) is 4.90 Å². The topological polar surface area (TPSA) is 58.6 Å². The molecule has 0 spiro atoms. The van der Waals surface area contributed by atoms with Crippen LogP contribution in [0.2, 0.25) is 0 Å². The van der Waals surface area contributed by atoms with E-state index in [9.17, 15) is 9.59 Å². The maximum Gasteiger partial charge on any atom is 0.323 e. The molecule has 1 heterocycles. The number of carbonyl (C=O) groups is 2. The number of hydrogen-bond acceptors (Lipinski definition) is 4. The molecule has 0 aromatic carbocycles. The molecule has 2 aliphatic rings. The number of likely N-dealkylation sites (tertiary alicyclic amines) is 1. The molecule has 2 fully saturated rings. The highest BCUT2D eigenvalue weighted by Crippen LogP contribution is 2.24. The average molecular weight is 296 g/mol. The van der Waals surface area contributed by atoms with E-state index < -0.39 is 0 Å². The largest absolute Gasteiger partial charge is 0.468 e. The van der Waals surface area contributed by atoms with Crippen molar-refractivity contribution in [2.24, 2.45) is 5.92 Å². The van der Waals surface area contributed by atoms with E-state index in [4.69, 9.17) is 4.74 Å². The summed E-state index contributed by atoms with van der Waals surface area (Å²) >= 11 is 0. The second kappa shape index (κ2) is 7.78. The van der Waals surface area contributed by atoms with Crippen LogP contribution in [0.15, 0.2) is 0 Å². The summed E-state index contributed by atoms with van der Waals surface area (Å²) in [4.78, 5) is 26.1. The Balaban J connectivity index is 1.86. The van der Waals surface area contributed by atoms with Gasteiger partial charge in [0.25, 0.3) is 0 Å². The third-order valence-electron chi connectivity index (χ3n) is 4.89. The monoisotopic (exact) mass is 296 g/mol. The van der Waals surface area contributed by atoms with Gasteiger partial charge in [0.2, 0.25) is 5.91 Å². The lowest BCUT2D eigenvalue weighted by atomic mass is 9.86. The number of ether oxygens (including phenoxy) is 1. The molecule has 1 N–H and O–H groups in total. The lowest BCUT2D eigenvalue weighted by Crippen LogP contribution is -2.51. The standard InChI is InChI=1S/C16H28N2O3/c1-12-7-3-4-8-13(12)17-15(19)11-18-10-6-5-9-14(18)16(20)21-2/h12-14H,3-11H2,1-2H3,(H,17,19)/t12?,13?,14-/m1/s1. The molecule has 1 aliphatic carbocycles. The van der Waals surface area contributed by atoms with Gasteiger partial charge in [-0.2, -0.15) is 0 Å². The zero-order valence-electron chi connectivity index (χ0n) is 13.3. The molecule has 2 unspecified atom stereocenters. The smallest absolute Gasteiger partial charge is 0.323 e. The summed E-state index contributed by atoms with van der Waals surface area (Å²) in [6.45, 7) is 3.32. The Bertz CT molecular complexity index is 373. The van der Waals surface area contributed by atoms with Crippen LogP contribution in [0.25, 0.3) is 0 Å². The number of amides is 1. The predicted octanol–water partition coefficient (Wildman–Crippen LogP) is 1.71. The van der Waals surface area contributed by atoms with Crippen LogP contribution in [0.1, 0.15) is 51.9 Å². The van der Waals surface area contributed by atoms with Gasteiger partial charge in [0, 0.05) is 6.04 Å². The number of nitrogens with zero attached hydrogens (tertiary/aromatic N) is 1. The van der Waals surface area contributed by atoms with Crippen LogP contribution in [-0.4, -0.2) is 49.1 Å². The molecule has 5 nitrogen and oxygen atoms in total. The molecule has 5 heteroatoms. The summed E-state index contributed by atoms with van der Waals surface area (Å²) in [6, 6.07) is 0.0471. The van der Waals surface area contributed by atoms with Crippen molar-refractivity contribution in [3.63, 3.8) is 0 Å². The Labute approximate surface area is 127 Å². The van der Waals surface area contributed by atoms with Crippen LogP contribution in [0.5, 0.6) is 0 Å². The van der Waals surface area contributed by atoms with E-state index in [1.165, 1.54) is 26.4 Å². The zero-order chi connectivity index (χ0) is 15.2. The minimum absolute atomic E-state index is 0.0459. The SMILES string of the molecule is COC(=O)[C@H]1CCCCN1CC(=O)NC1CCCCC1C. The normalized spacial score (nSPS) is 30.7. The van der Waals surface area contributed by atoms with Gasteiger partial charge in [0.15, 0.2) is 0 Å². The van der Waals surface area contributed by atoms with Gasteiger partial charge in [0.05, 0.1) is 13.7 Å². The third kappa shape index (κ3) is 4.43. The van der Waals surface area contributed by atoms with Gasteiger partial charge in [-0.25, -0.2) is 0 Å². The minimum atomic E-state index is -0.252. The van der Waals surface area contributed by atoms with Gasteiger partial charge in [-0.15, -0.1) is 0 Å². The summed E-state index contributed by atoms with van der Waals surface area (Å²) in [5.41, 5.74) is 0. The van der Waals surface area contributed by atoms with Crippen LogP contribution >= 0.6 is 0 Å². The Morgan fingerprint density at radius 3 is 2.57 bits per heavy atom. The first-order valence-electron chi connectivity index (χ1n) is 8.23. The minimum Gasteiger partial charge on any atom is -0.468 e. The first-order chi connectivity index (χ1) is 10.1. The van der Waals surface area contributed by atoms with Crippen molar-refractivity contribution in [2.75, 3.05) is 20.2 Å². The maximum absolute atomic E-state index is 12.3. The number of esters is 1. The van der Waals surface area contributed by atoms with Crippen molar-refractivity contribution >= 4 is 11.9 Å². The van der Waals surface area contributed by atoms with Gasteiger partial charge in [-0.1, -0.05) is 26.2 Å². The highest BCUT2D eigenvalue weighted by atomic mass is 16.5. The third-order valence-corrected chi connectivity index (χ3v) is 4.89. The molecule has 0 aromatic heterocycles. The second-order valence-corrected chi connectivity index (χ2v) is 6.44. The van der Waals surface area contributed by atoms with Crippen LogP contribution < -0.4 is 5.32 Å². The number of methoxy groups -OCH3 is 1. The first kappa shape index (κ1) is 16.3. The molecule has 0 bridgehead atoms. The molecule has 0 aromatic rings. The fourth-order valence-electron chi connectivity index (χ4n) is 3.55. The summed E-state index contributed by atoms with van der Waals surface area (Å²) < 4.78 is 4.86. The number of piperidine rings is 1. The molecule has 1 saturated heterocycles. The fraction of sp³-hybridized carbons (Fsp3) is 0.875. The fourth-order valence-corrected chi connectivity index (χ4v) is 3.55. The molecule has 2 rings (SSSR count). The Morgan fingerprint density at radius 1 is 1.14 bits per heavy atom. The van der Waals surface area contributed by atoms with Crippen molar-refractivity contribution < 1.29 is 14.3 Å². The molecule has 1 amide bonds. The van der Waals surface area contributed by atoms with Crippen molar-refractivity contribution in [1.82, 2.24) is 10.2 Å². The highest BCUT2D eigenvalue weighted by molar-refractivity contribution is 5.80. The van der Waals surface area contributed by atoms with E-state index >= 15 is 0 Å². The van der Waals surface area contributed by atoms with Crippen molar-refractivity contribution in [3.05, 3.63) is 0 Å². The lowest BCUT2D eigenvalue weighted by molar-refractivity contribution is -0.148. The van der Waals surface area contributed by atoms with Gasteiger partial charge in [-0.05, 0) is 38.1 Å². The van der Waals surface area contributed by atoms with E-state index in [0.717, 1.165) is 32.2 Å². The Kier molecular flexibility index (Phi) is 6.03. The quantitative estimate of drug-likeness (QED) is 0.802. The Hall–Kier alpha value is -1.10. The predicted molar refractivity (Wildman–Crippen MR) is 80.8 cm³/mol. The van der Waals surface area contributed by atoms with Crippen LogP contribution in [0.3, 0.4) is 0 Å². The number of carbonyl (C=O) groups excluding carboxylic acids is 2. The van der Waals surface area contributed by atoms with Crippen molar-refractivity contribution in [1.29, 1.82) is 0 Å². The van der Waals surface area contributed by atoms with E-state index in [0.29, 0.717) is 18.5 Å². The molecule has 1 saturated carbocycles. The molecule has 0 radical (unpaired) electrons. The number of hydrogen-bond donors (Lipinski definition) is 1. The molecule has 21 heavy (non-hydrogen) atoms. The highest BCUT2D eigenvalue weighted by Gasteiger charge is 2.31. The maximum atomic E-state index is 12.3. The Morgan fingerprint density at radius 2 is 1.86 bits per heavy atom. The number of rotatable bonds is 4. The van der Waals surface area contributed by atoms with Gasteiger partial charge in [-0.3, -0.25) is 14.5 Å². The van der Waals surface area contributed by atoms with Crippen molar-refractivity contribution in [3.8, 4) is 0 Å². The second-order valence-electron chi connectivity index (χ2n) is 6.44. The molecule has 3 atom stereocenters.